The minimum Gasteiger partial charge on any atom is -0.490 e. The number of carbonyl (C=O) groups is 1. The Hall–Kier alpha value is -2.18. The van der Waals surface area contributed by atoms with Crippen LogP contribution >= 0.6 is 0 Å². The zero-order valence-electron chi connectivity index (χ0n) is 10.6. The summed E-state index contributed by atoms with van der Waals surface area (Å²) < 4.78 is 49.3. The maximum atomic E-state index is 11.9. The van der Waals surface area contributed by atoms with Crippen molar-refractivity contribution >= 4 is 5.97 Å². The summed E-state index contributed by atoms with van der Waals surface area (Å²) in [4.78, 5) is 10.9. The van der Waals surface area contributed by atoms with E-state index in [0.717, 1.165) is 12.1 Å². The maximum Gasteiger partial charge on any atom is 0.573 e. The van der Waals surface area contributed by atoms with Crippen molar-refractivity contribution in [1.29, 1.82) is 0 Å². The van der Waals surface area contributed by atoms with Crippen LogP contribution in [0.2, 0.25) is 0 Å². The molecule has 1 aromatic rings. The van der Waals surface area contributed by atoms with Crippen LogP contribution in [-0.2, 0) is 9.53 Å². The van der Waals surface area contributed by atoms with Crippen LogP contribution in [0.4, 0.5) is 13.2 Å². The second kappa shape index (κ2) is 7.42. The van der Waals surface area contributed by atoms with Gasteiger partial charge >= 0.3 is 12.3 Å². The van der Waals surface area contributed by atoms with Gasteiger partial charge in [-0.3, -0.25) is 0 Å². The molecule has 0 spiro atoms. The molecule has 0 aliphatic heterocycles. The second-order valence-electron chi connectivity index (χ2n) is 3.48. The molecule has 0 radical (unpaired) electrons. The van der Waals surface area contributed by atoms with Gasteiger partial charge < -0.3 is 14.2 Å². The smallest absolute Gasteiger partial charge is 0.490 e. The van der Waals surface area contributed by atoms with Crippen molar-refractivity contribution in [3.05, 3.63) is 36.4 Å². The molecule has 0 fully saturated rings. The number of halogens is 3. The SMILES string of the molecule is CCOC(=O)/C=C/COc1ccc(OC(F)(F)F)cc1. The van der Waals surface area contributed by atoms with Gasteiger partial charge in [0.25, 0.3) is 0 Å². The molecule has 20 heavy (non-hydrogen) atoms. The van der Waals surface area contributed by atoms with E-state index in [-0.39, 0.29) is 19.0 Å². The average Bonchev–Trinajstić information content (AvgIpc) is 2.35. The van der Waals surface area contributed by atoms with Crippen LogP contribution in [0.25, 0.3) is 0 Å². The van der Waals surface area contributed by atoms with Crippen molar-refractivity contribution in [2.75, 3.05) is 13.2 Å². The van der Waals surface area contributed by atoms with Crippen LogP contribution in [-0.4, -0.2) is 25.5 Å². The third-order valence-electron chi connectivity index (χ3n) is 1.94. The largest absolute Gasteiger partial charge is 0.573 e. The molecule has 0 N–H and O–H groups in total. The van der Waals surface area contributed by atoms with Crippen LogP contribution in [0.1, 0.15) is 6.92 Å². The monoisotopic (exact) mass is 290 g/mol. The third kappa shape index (κ3) is 6.67. The van der Waals surface area contributed by atoms with Crippen molar-refractivity contribution in [3.8, 4) is 11.5 Å². The standard InChI is InChI=1S/C13H13F3O4/c1-2-18-12(17)4-3-9-19-10-5-7-11(8-6-10)20-13(14,15)16/h3-8H,2,9H2,1H3/b4-3+. The quantitative estimate of drug-likeness (QED) is 0.596. The molecule has 110 valence electrons. The highest BCUT2D eigenvalue weighted by Gasteiger charge is 2.30. The van der Waals surface area contributed by atoms with E-state index in [4.69, 9.17) is 4.74 Å². The number of hydrogen-bond donors (Lipinski definition) is 0. The molecular weight excluding hydrogens is 277 g/mol. The Labute approximate surface area is 113 Å². The topological polar surface area (TPSA) is 44.8 Å². The molecule has 0 aliphatic carbocycles. The number of esters is 1. The predicted molar refractivity (Wildman–Crippen MR) is 64.4 cm³/mol. The molecule has 0 atom stereocenters. The lowest BCUT2D eigenvalue weighted by molar-refractivity contribution is -0.274. The van der Waals surface area contributed by atoms with Crippen LogP contribution < -0.4 is 9.47 Å². The molecule has 1 rings (SSSR count). The van der Waals surface area contributed by atoms with Crippen molar-refractivity contribution in [3.63, 3.8) is 0 Å². The van der Waals surface area contributed by atoms with E-state index in [1.54, 1.807) is 6.92 Å². The first-order valence-corrected chi connectivity index (χ1v) is 5.72. The highest BCUT2D eigenvalue weighted by atomic mass is 19.4. The van der Waals surface area contributed by atoms with Crippen molar-refractivity contribution < 1.29 is 32.2 Å². The van der Waals surface area contributed by atoms with E-state index >= 15 is 0 Å². The Kier molecular flexibility index (Phi) is 5.89. The zero-order chi connectivity index (χ0) is 15.0. The van der Waals surface area contributed by atoms with Crippen LogP contribution in [0.5, 0.6) is 11.5 Å². The molecule has 0 unspecified atom stereocenters. The Morgan fingerprint density at radius 2 is 1.80 bits per heavy atom. The van der Waals surface area contributed by atoms with E-state index in [1.807, 2.05) is 0 Å². The number of ether oxygens (including phenoxy) is 3. The summed E-state index contributed by atoms with van der Waals surface area (Å²) in [6.07, 6.45) is -2.06. The molecule has 0 bridgehead atoms. The van der Waals surface area contributed by atoms with E-state index in [1.165, 1.54) is 24.3 Å². The van der Waals surface area contributed by atoms with Gasteiger partial charge in [-0.1, -0.05) is 0 Å². The number of benzene rings is 1. The van der Waals surface area contributed by atoms with E-state index < -0.39 is 12.3 Å². The lowest BCUT2D eigenvalue weighted by Gasteiger charge is -2.09. The molecule has 7 heteroatoms. The molecule has 1 aromatic carbocycles. The summed E-state index contributed by atoms with van der Waals surface area (Å²) in [6.45, 7) is 2.07. The Morgan fingerprint density at radius 3 is 2.35 bits per heavy atom. The van der Waals surface area contributed by atoms with E-state index in [2.05, 4.69) is 9.47 Å². The first-order valence-electron chi connectivity index (χ1n) is 5.72. The van der Waals surface area contributed by atoms with Gasteiger partial charge in [0.15, 0.2) is 0 Å². The van der Waals surface area contributed by atoms with E-state index in [0.29, 0.717) is 5.75 Å². The van der Waals surface area contributed by atoms with Crippen LogP contribution in [0.3, 0.4) is 0 Å². The first kappa shape index (κ1) is 15.9. The fourth-order valence-corrected chi connectivity index (χ4v) is 1.22. The van der Waals surface area contributed by atoms with Crippen LogP contribution in [0, 0.1) is 0 Å². The lowest BCUT2D eigenvalue weighted by atomic mass is 10.3. The molecular formula is C13H13F3O4. The van der Waals surface area contributed by atoms with Gasteiger partial charge in [0.05, 0.1) is 6.61 Å². The third-order valence-corrected chi connectivity index (χ3v) is 1.94. The maximum absolute atomic E-state index is 11.9. The fourth-order valence-electron chi connectivity index (χ4n) is 1.22. The van der Waals surface area contributed by atoms with Gasteiger partial charge in [-0.15, -0.1) is 13.2 Å². The highest BCUT2D eigenvalue weighted by Crippen LogP contribution is 2.24. The number of carbonyl (C=O) groups excluding carboxylic acids is 1. The summed E-state index contributed by atoms with van der Waals surface area (Å²) in [7, 11) is 0. The van der Waals surface area contributed by atoms with Gasteiger partial charge in [-0.25, -0.2) is 4.79 Å². The molecule has 0 aliphatic rings. The molecule has 0 heterocycles. The molecule has 0 saturated heterocycles. The average molecular weight is 290 g/mol. The molecule has 0 amide bonds. The highest BCUT2D eigenvalue weighted by molar-refractivity contribution is 5.81. The van der Waals surface area contributed by atoms with Crippen molar-refractivity contribution in [2.45, 2.75) is 13.3 Å². The van der Waals surface area contributed by atoms with E-state index in [9.17, 15) is 18.0 Å². The summed E-state index contributed by atoms with van der Waals surface area (Å²) in [5, 5.41) is 0. The Bertz CT molecular complexity index is 452. The lowest BCUT2D eigenvalue weighted by Crippen LogP contribution is -2.16. The summed E-state index contributed by atoms with van der Waals surface area (Å²) in [5.74, 6) is -0.454. The van der Waals surface area contributed by atoms with Crippen LogP contribution in [0.15, 0.2) is 36.4 Å². The molecule has 0 aromatic heterocycles. The Morgan fingerprint density at radius 1 is 1.20 bits per heavy atom. The normalized spacial score (nSPS) is 11.4. The van der Waals surface area contributed by atoms with Gasteiger partial charge in [0.2, 0.25) is 0 Å². The molecule has 0 saturated carbocycles. The van der Waals surface area contributed by atoms with Gasteiger partial charge in [-0.2, -0.15) is 0 Å². The van der Waals surface area contributed by atoms with Gasteiger partial charge in [0.1, 0.15) is 18.1 Å². The summed E-state index contributed by atoms with van der Waals surface area (Å²) in [6, 6.07) is 4.94. The minimum atomic E-state index is -4.72. The fraction of sp³-hybridized carbons (Fsp3) is 0.308. The second-order valence-corrected chi connectivity index (χ2v) is 3.48. The zero-order valence-corrected chi connectivity index (χ0v) is 10.6. The van der Waals surface area contributed by atoms with Gasteiger partial charge in [-0.05, 0) is 37.3 Å². The Balaban J connectivity index is 2.40. The number of hydrogen-bond acceptors (Lipinski definition) is 4. The first-order chi connectivity index (χ1) is 9.40. The van der Waals surface area contributed by atoms with Crippen molar-refractivity contribution in [1.82, 2.24) is 0 Å². The predicted octanol–water partition coefficient (Wildman–Crippen LogP) is 3.08. The minimum absolute atomic E-state index is 0.0955. The molecule has 4 nitrogen and oxygen atoms in total. The number of alkyl halides is 3. The summed E-state index contributed by atoms with van der Waals surface area (Å²) in [5.41, 5.74) is 0. The summed E-state index contributed by atoms with van der Waals surface area (Å²) >= 11 is 0. The van der Waals surface area contributed by atoms with Gasteiger partial charge in [0, 0.05) is 6.08 Å². The number of rotatable bonds is 6. The van der Waals surface area contributed by atoms with Crippen molar-refractivity contribution in [2.24, 2.45) is 0 Å².